The highest BCUT2D eigenvalue weighted by atomic mass is 32.2. The van der Waals surface area contributed by atoms with Gasteiger partial charge in [0.05, 0.1) is 11.5 Å². The minimum atomic E-state index is -3.50. The second kappa shape index (κ2) is 5.21. The number of piperazine rings is 1. The molecule has 8 heteroatoms. The molecule has 0 aromatic rings. The van der Waals surface area contributed by atoms with Crippen molar-refractivity contribution in [1.82, 2.24) is 9.62 Å². The molecular weight excluding hydrogens is 264 g/mol. The van der Waals surface area contributed by atoms with Gasteiger partial charge in [0.1, 0.15) is 9.84 Å². The highest BCUT2D eigenvalue weighted by Crippen LogP contribution is 2.15. The second-order valence-electron chi connectivity index (χ2n) is 4.63. The molecule has 0 spiro atoms. The van der Waals surface area contributed by atoms with E-state index in [-0.39, 0.29) is 23.6 Å². The van der Waals surface area contributed by atoms with Gasteiger partial charge in [-0.3, -0.25) is 0 Å². The van der Waals surface area contributed by atoms with E-state index >= 15 is 0 Å². The molecule has 17 heavy (non-hydrogen) atoms. The van der Waals surface area contributed by atoms with Gasteiger partial charge in [-0.1, -0.05) is 0 Å². The van der Waals surface area contributed by atoms with Gasteiger partial charge in [-0.05, 0) is 13.8 Å². The lowest BCUT2D eigenvalue weighted by atomic mass is 10.2. The number of nitrogens with one attached hydrogen (secondary N) is 1. The molecule has 2 atom stereocenters. The average molecular weight is 284 g/mol. The van der Waals surface area contributed by atoms with Gasteiger partial charge in [0.2, 0.25) is 10.0 Å². The van der Waals surface area contributed by atoms with Gasteiger partial charge in [0, 0.05) is 31.4 Å². The molecule has 1 rings (SSSR count). The fraction of sp³-hybridized carbons (Fsp3) is 1.00. The summed E-state index contributed by atoms with van der Waals surface area (Å²) in [4.78, 5) is 0. The van der Waals surface area contributed by atoms with Crippen molar-refractivity contribution in [1.29, 1.82) is 0 Å². The van der Waals surface area contributed by atoms with Gasteiger partial charge in [-0.25, -0.2) is 16.8 Å². The van der Waals surface area contributed by atoms with E-state index in [4.69, 9.17) is 0 Å². The summed E-state index contributed by atoms with van der Waals surface area (Å²) in [6.45, 7) is 4.84. The van der Waals surface area contributed by atoms with Crippen LogP contribution in [0.5, 0.6) is 0 Å². The maximum Gasteiger partial charge on any atom is 0.215 e. The molecule has 1 saturated heterocycles. The van der Waals surface area contributed by atoms with Gasteiger partial charge in [0.15, 0.2) is 0 Å². The van der Waals surface area contributed by atoms with Crippen molar-refractivity contribution in [3.63, 3.8) is 0 Å². The van der Waals surface area contributed by atoms with Crippen LogP contribution in [-0.2, 0) is 19.9 Å². The molecule has 1 aliphatic heterocycles. The van der Waals surface area contributed by atoms with Crippen LogP contribution < -0.4 is 5.32 Å². The zero-order valence-corrected chi connectivity index (χ0v) is 12.0. The average Bonchev–Trinajstić information content (AvgIpc) is 2.13. The Kier molecular flexibility index (Phi) is 4.56. The molecule has 2 unspecified atom stereocenters. The predicted octanol–water partition coefficient (Wildman–Crippen LogP) is -0.957. The molecule has 1 N–H and O–H groups in total. The third kappa shape index (κ3) is 4.20. The first-order valence-corrected chi connectivity index (χ1v) is 9.20. The lowest BCUT2D eigenvalue weighted by Gasteiger charge is -2.38. The number of sulfonamides is 1. The summed E-state index contributed by atoms with van der Waals surface area (Å²) in [6.07, 6.45) is 1.05. The summed E-state index contributed by atoms with van der Waals surface area (Å²) in [6, 6.07) is -0.272. The van der Waals surface area contributed by atoms with Gasteiger partial charge in [-0.2, -0.15) is 4.31 Å². The smallest absolute Gasteiger partial charge is 0.215 e. The maximum atomic E-state index is 12.1. The quantitative estimate of drug-likeness (QED) is 0.719. The molecule has 0 saturated carbocycles. The molecule has 1 aliphatic rings. The highest BCUT2D eigenvalue weighted by molar-refractivity contribution is 7.93. The minimum Gasteiger partial charge on any atom is -0.314 e. The summed E-state index contributed by atoms with van der Waals surface area (Å²) in [5, 5.41) is 3.13. The molecule has 0 bridgehead atoms. The van der Waals surface area contributed by atoms with Crippen molar-refractivity contribution in [2.24, 2.45) is 0 Å². The molecule has 6 nitrogen and oxygen atoms in total. The van der Waals surface area contributed by atoms with E-state index in [1.54, 1.807) is 0 Å². The van der Waals surface area contributed by atoms with Crippen molar-refractivity contribution in [2.75, 3.05) is 30.9 Å². The van der Waals surface area contributed by atoms with Gasteiger partial charge < -0.3 is 5.32 Å². The summed E-state index contributed by atoms with van der Waals surface area (Å²) < 4.78 is 47.7. The molecular formula is C9H20N2O4S2. The van der Waals surface area contributed by atoms with E-state index in [2.05, 4.69) is 5.32 Å². The summed E-state index contributed by atoms with van der Waals surface area (Å²) in [5.74, 6) is -0.654. The summed E-state index contributed by atoms with van der Waals surface area (Å²) in [7, 11) is -6.75. The Hall–Kier alpha value is -0.180. The standard InChI is InChI=1S/C9H20N2O4S2/c1-8-6-10-7-9(2)11(8)17(14,15)5-4-16(3,12)13/h8-10H,4-7H2,1-3H3. The van der Waals surface area contributed by atoms with E-state index < -0.39 is 19.9 Å². The molecule has 0 aromatic heterocycles. The van der Waals surface area contributed by atoms with E-state index in [0.717, 1.165) is 6.26 Å². The van der Waals surface area contributed by atoms with Gasteiger partial charge in [0.25, 0.3) is 0 Å². The lowest BCUT2D eigenvalue weighted by Crippen LogP contribution is -2.57. The van der Waals surface area contributed by atoms with Gasteiger partial charge >= 0.3 is 0 Å². The SMILES string of the molecule is CC1CNCC(C)N1S(=O)(=O)CCS(C)(=O)=O. The number of rotatable bonds is 4. The molecule has 0 radical (unpaired) electrons. The molecule has 102 valence electrons. The van der Waals surface area contributed by atoms with E-state index in [1.807, 2.05) is 13.8 Å². The van der Waals surface area contributed by atoms with E-state index in [0.29, 0.717) is 13.1 Å². The number of nitrogens with zero attached hydrogens (tertiary/aromatic N) is 1. The first-order chi connectivity index (χ1) is 7.63. The Balaban J connectivity index is 2.81. The fourth-order valence-corrected chi connectivity index (χ4v) is 5.54. The number of sulfone groups is 1. The first kappa shape index (κ1) is 14.9. The Morgan fingerprint density at radius 1 is 1.06 bits per heavy atom. The Morgan fingerprint density at radius 3 is 1.94 bits per heavy atom. The summed E-state index contributed by atoms with van der Waals surface area (Å²) in [5.41, 5.74) is 0. The van der Waals surface area contributed by atoms with Crippen LogP contribution in [0.1, 0.15) is 13.8 Å². The number of hydrogen-bond donors (Lipinski definition) is 1. The van der Waals surface area contributed by atoms with Crippen molar-refractivity contribution < 1.29 is 16.8 Å². The van der Waals surface area contributed by atoms with Crippen LogP contribution in [0.3, 0.4) is 0 Å². The fourth-order valence-electron chi connectivity index (χ4n) is 2.03. The Labute approximate surface area is 103 Å². The minimum absolute atomic E-state index is 0.136. The van der Waals surface area contributed by atoms with Crippen molar-refractivity contribution >= 4 is 19.9 Å². The Morgan fingerprint density at radius 2 is 1.53 bits per heavy atom. The monoisotopic (exact) mass is 284 g/mol. The Bertz CT molecular complexity index is 447. The zero-order chi connectivity index (χ0) is 13.3. The van der Waals surface area contributed by atoms with E-state index in [1.165, 1.54) is 4.31 Å². The van der Waals surface area contributed by atoms with Gasteiger partial charge in [-0.15, -0.1) is 0 Å². The molecule has 1 heterocycles. The lowest BCUT2D eigenvalue weighted by molar-refractivity contribution is 0.220. The van der Waals surface area contributed by atoms with Crippen LogP contribution in [0.4, 0.5) is 0 Å². The first-order valence-electron chi connectivity index (χ1n) is 5.53. The molecule has 0 amide bonds. The van der Waals surface area contributed by atoms with Crippen LogP contribution in [0, 0.1) is 0 Å². The number of hydrogen-bond acceptors (Lipinski definition) is 5. The van der Waals surface area contributed by atoms with Crippen LogP contribution in [0.15, 0.2) is 0 Å². The van der Waals surface area contributed by atoms with Crippen LogP contribution in [0.2, 0.25) is 0 Å². The largest absolute Gasteiger partial charge is 0.314 e. The molecule has 1 fully saturated rings. The normalized spacial score (nSPS) is 28.2. The van der Waals surface area contributed by atoms with Crippen LogP contribution in [-0.4, -0.2) is 64.1 Å². The highest BCUT2D eigenvalue weighted by Gasteiger charge is 2.34. The molecule has 0 aromatic carbocycles. The molecule has 0 aliphatic carbocycles. The maximum absolute atomic E-state index is 12.1. The third-order valence-corrected chi connectivity index (χ3v) is 6.07. The van der Waals surface area contributed by atoms with Crippen molar-refractivity contribution in [2.45, 2.75) is 25.9 Å². The summed E-state index contributed by atoms with van der Waals surface area (Å²) >= 11 is 0. The zero-order valence-electron chi connectivity index (χ0n) is 10.4. The topological polar surface area (TPSA) is 83.6 Å². The van der Waals surface area contributed by atoms with Crippen LogP contribution >= 0.6 is 0 Å². The third-order valence-electron chi connectivity index (χ3n) is 2.78. The van der Waals surface area contributed by atoms with Crippen LogP contribution in [0.25, 0.3) is 0 Å². The second-order valence-corrected chi connectivity index (χ2v) is 8.89. The van der Waals surface area contributed by atoms with Crippen molar-refractivity contribution in [3.8, 4) is 0 Å². The predicted molar refractivity (Wildman–Crippen MR) is 67.1 cm³/mol. The van der Waals surface area contributed by atoms with Crippen molar-refractivity contribution in [3.05, 3.63) is 0 Å². The van der Waals surface area contributed by atoms with E-state index in [9.17, 15) is 16.8 Å².